The maximum Gasteiger partial charge on any atom is 0.222 e. The lowest BCUT2D eigenvalue weighted by atomic mass is 9.89. The topological polar surface area (TPSA) is 26.8 Å². The third-order valence-electron chi connectivity index (χ3n) is 7.02. The van der Waals surface area contributed by atoms with Crippen LogP contribution in [0.3, 0.4) is 0 Å². The Morgan fingerprint density at radius 3 is 2.48 bits per heavy atom. The first-order chi connectivity index (χ1) is 15.6. The first kappa shape index (κ1) is 23.7. The fourth-order valence-electron chi connectivity index (χ4n) is 5.42. The Labute approximate surface area is 200 Å². The third kappa shape index (κ3) is 4.92. The Hall–Kier alpha value is -2.44. The van der Waals surface area contributed by atoms with Gasteiger partial charge in [0.1, 0.15) is 11.6 Å². The van der Waals surface area contributed by atoms with Gasteiger partial charge in [0.25, 0.3) is 0 Å². The first-order valence-corrected chi connectivity index (χ1v) is 11.6. The molecule has 3 heterocycles. The van der Waals surface area contributed by atoms with E-state index in [1.54, 1.807) is 6.07 Å². The maximum atomic E-state index is 14.1. The third-order valence-corrected chi connectivity index (χ3v) is 7.02. The fraction of sp³-hybridized carbons (Fsp3) is 0.423. The zero-order valence-corrected chi connectivity index (χ0v) is 19.4. The molecule has 3 aliphatic rings. The molecule has 5 rings (SSSR count). The van der Waals surface area contributed by atoms with Crippen molar-refractivity contribution in [2.24, 2.45) is 0 Å². The highest BCUT2D eigenvalue weighted by molar-refractivity contribution is 5.85. The summed E-state index contributed by atoms with van der Waals surface area (Å²) in [4.78, 5) is 18.5. The number of carbonyl (C=O) groups is 1. The highest BCUT2D eigenvalue weighted by Gasteiger charge is 2.42. The van der Waals surface area contributed by atoms with E-state index in [9.17, 15) is 13.6 Å². The molecule has 0 aromatic heterocycles. The van der Waals surface area contributed by atoms with Crippen LogP contribution in [0.5, 0.6) is 0 Å². The molecule has 7 heteroatoms. The summed E-state index contributed by atoms with van der Waals surface area (Å²) in [6.45, 7) is 4.17. The minimum Gasteiger partial charge on any atom is -0.339 e. The highest BCUT2D eigenvalue weighted by Crippen LogP contribution is 2.48. The predicted molar refractivity (Wildman–Crippen MR) is 129 cm³/mol. The van der Waals surface area contributed by atoms with Gasteiger partial charge in [0.15, 0.2) is 0 Å². The Bertz CT molecular complexity index is 1010. The van der Waals surface area contributed by atoms with E-state index in [1.807, 2.05) is 23.1 Å². The van der Waals surface area contributed by atoms with Crippen LogP contribution in [-0.2, 0) is 4.79 Å². The van der Waals surface area contributed by atoms with Gasteiger partial charge in [0.05, 0.1) is 0 Å². The van der Waals surface area contributed by atoms with Crippen molar-refractivity contribution in [2.75, 3.05) is 37.6 Å². The number of halogens is 3. The van der Waals surface area contributed by atoms with Gasteiger partial charge in [-0.3, -0.25) is 9.69 Å². The van der Waals surface area contributed by atoms with Crippen LogP contribution in [0.15, 0.2) is 54.6 Å². The van der Waals surface area contributed by atoms with Crippen LogP contribution in [0.2, 0.25) is 0 Å². The van der Waals surface area contributed by atoms with E-state index in [0.29, 0.717) is 13.0 Å². The molecular formula is C26H30ClF2N3O. The van der Waals surface area contributed by atoms with Gasteiger partial charge in [-0.15, -0.1) is 12.4 Å². The molecule has 0 bridgehead atoms. The van der Waals surface area contributed by atoms with E-state index in [0.717, 1.165) is 62.4 Å². The molecule has 0 aliphatic carbocycles. The normalized spacial score (nSPS) is 22.9. The van der Waals surface area contributed by atoms with Crippen LogP contribution in [0, 0.1) is 11.6 Å². The number of benzene rings is 2. The van der Waals surface area contributed by atoms with Crippen LogP contribution in [0.25, 0.3) is 0 Å². The van der Waals surface area contributed by atoms with Crippen molar-refractivity contribution in [3.63, 3.8) is 0 Å². The minimum atomic E-state index is -0.253. The largest absolute Gasteiger partial charge is 0.339 e. The zero-order chi connectivity index (χ0) is 22.1. The first-order valence-electron chi connectivity index (χ1n) is 11.6. The van der Waals surface area contributed by atoms with Crippen LogP contribution in [0.1, 0.15) is 37.2 Å². The second-order valence-corrected chi connectivity index (χ2v) is 9.04. The van der Waals surface area contributed by atoms with E-state index < -0.39 is 0 Å². The average molecular weight is 474 g/mol. The second kappa shape index (κ2) is 10.2. The highest BCUT2D eigenvalue weighted by atomic mass is 35.5. The molecule has 176 valence electrons. The number of hydrogen-bond acceptors (Lipinski definition) is 3. The zero-order valence-electron chi connectivity index (χ0n) is 18.6. The second-order valence-electron chi connectivity index (χ2n) is 9.04. The fourth-order valence-corrected chi connectivity index (χ4v) is 5.42. The summed E-state index contributed by atoms with van der Waals surface area (Å²) >= 11 is 0. The lowest BCUT2D eigenvalue weighted by Crippen LogP contribution is -2.44. The summed E-state index contributed by atoms with van der Waals surface area (Å²) in [5, 5.41) is 0. The number of piperidine rings is 2. The number of anilines is 2. The van der Waals surface area contributed by atoms with Gasteiger partial charge in [-0.1, -0.05) is 12.2 Å². The van der Waals surface area contributed by atoms with Crippen molar-refractivity contribution >= 4 is 29.7 Å². The van der Waals surface area contributed by atoms with Crippen molar-refractivity contribution < 1.29 is 13.6 Å². The Kier molecular flexibility index (Phi) is 7.35. The molecule has 0 spiro atoms. The smallest absolute Gasteiger partial charge is 0.222 e. The van der Waals surface area contributed by atoms with Gasteiger partial charge >= 0.3 is 0 Å². The molecule has 0 radical (unpaired) electrons. The van der Waals surface area contributed by atoms with Gasteiger partial charge in [0, 0.05) is 62.5 Å². The van der Waals surface area contributed by atoms with Gasteiger partial charge in [0.2, 0.25) is 5.91 Å². The van der Waals surface area contributed by atoms with E-state index in [1.165, 1.54) is 18.2 Å². The van der Waals surface area contributed by atoms with Gasteiger partial charge in [-0.25, -0.2) is 8.78 Å². The van der Waals surface area contributed by atoms with Gasteiger partial charge < -0.3 is 9.80 Å². The molecule has 1 amide bonds. The summed E-state index contributed by atoms with van der Waals surface area (Å²) in [7, 11) is 0. The van der Waals surface area contributed by atoms with Crippen LogP contribution < -0.4 is 4.90 Å². The van der Waals surface area contributed by atoms with E-state index in [2.05, 4.69) is 22.0 Å². The van der Waals surface area contributed by atoms with E-state index in [4.69, 9.17) is 0 Å². The monoisotopic (exact) mass is 473 g/mol. The van der Waals surface area contributed by atoms with Crippen molar-refractivity contribution in [2.45, 2.75) is 37.6 Å². The maximum absolute atomic E-state index is 14.1. The van der Waals surface area contributed by atoms with Crippen LogP contribution >= 0.6 is 12.4 Å². The summed E-state index contributed by atoms with van der Waals surface area (Å²) in [6, 6.07) is 11.9. The summed E-state index contributed by atoms with van der Waals surface area (Å²) < 4.78 is 27.6. The van der Waals surface area contributed by atoms with Crippen LogP contribution in [0.4, 0.5) is 20.2 Å². The van der Waals surface area contributed by atoms with Gasteiger partial charge in [-0.2, -0.15) is 0 Å². The number of amides is 1. The quantitative estimate of drug-likeness (QED) is 0.554. The molecule has 2 unspecified atom stereocenters. The number of likely N-dealkylation sites (tertiary alicyclic amines) is 2. The molecule has 2 fully saturated rings. The molecular weight excluding hydrogens is 444 g/mol. The SMILES string of the molecule is Cl.O=C1CCCCN1CC=CCN1CCC2C(C1)c1cc(F)ccc1N2c1ccc(F)cc1. The van der Waals surface area contributed by atoms with Crippen molar-refractivity contribution in [1.82, 2.24) is 9.80 Å². The Morgan fingerprint density at radius 2 is 1.70 bits per heavy atom. The molecule has 2 aromatic rings. The number of carbonyl (C=O) groups excluding carboxylic acids is 1. The van der Waals surface area contributed by atoms with Gasteiger partial charge in [-0.05, 0) is 67.3 Å². The Balaban J connectivity index is 0.00000259. The Morgan fingerprint density at radius 1 is 0.939 bits per heavy atom. The molecule has 2 aromatic carbocycles. The summed E-state index contributed by atoms with van der Waals surface area (Å²) in [5.74, 6) is -0.00729. The molecule has 0 saturated carbocycles. The number of rotatable bonds is 5. The minimum absolute atomic E-state index is 0. The summed E-state index contributed by atoms with van der Waals surface area (Å²) in [5.41, 5.74) is 3.01. The lowest BCUT2D eigenvalue weighted by molar-refractivity contribution is -0.132. The van der Waals surface area contributed by atoms with E-state index >= 15 is 0 Å². The van der Waals surface area contributed by atoms with Crippen LogP contribution in [-0.4, -0.2) is 54.5 Å². The molecule has 2 saturated heterocycles. The van der Waals surface area contributed by atoms with Crippen molar-refractivity contribution in [1.29, 1.82) is 0 Å². The number of fused-ring (bicyclic) bond motifs is 3. The number of hydrogen-bond donors (Lipinski definition) is 0. The average Bonchev–Trinajstić information content (AvgIpc) is 3.11. The molecule has 4 nitrogen and oxygen atoms in total. The molecule has 2 atom stereocenters. The predicted octanol–water partition coefficient (Wildman–Crippen LogP) is 5.26. The lowest BCUT2D eigenvalue weighted by Gasteiger charge is -2.38. The molecule has 33 heavy (non-hydrogen) atoms. The molecule has 0 N–H and O–H groups in total. The standard InChI is InChI=1S/C26H29F2N3O.ClH/c27-19-6-9-21(10-7-19)31-24-11-8-20(28)17-22(24)23-18-29(16-12-25(23)31)13-3-4-15-30-14-2-1-5-26(30)32;/h3-4,6-11,17,23,25H,1-2,5,12-16,18H2;1H. The van der Waals surface area contributed by atoms with Crippen molar-refractivity contribution in [3.05, 3.63) is 71.8 Å². The van der Waals surface area contributed by atoms with Crippen molar-refractivity contribution in [3.8, 4) is 0 Å². The molecule has 3 aliphatic heterocycles. The summed E-state index contributed by atoms with van der Waals surface area (Å²) in [6.07, 6.45) is 7.98. The number of nitrogens with zero attached hydrogens (tertiary/aromatic N) is 3. The van der Waals surface area contributed by atoms with E-state index in [-0.39, 0.29) is 41.9 Å².